The lowest BCUT2D eigenvalue weighted by molar-refractivity contribution is -0.139. The Labute approximate surface area is 205 Å². The molecule has 1 atom stereocenters. The van der Waals surface area contributed by atoms with Crippen molar-refractivity contribution in [1.29, 1.82) is 0 Å². The van der Waals surface area contributed by atoms with Crippen molar-refractivity contribution in [3.8, 4) is 0 Å². The molecule has 0 heterocycles. The molecular formula is C25H31F2N3O4S. The van der Waals surface area contributed by atoms with Gasteiger partial charge in [-0.2, -0.15) is 0 Å². The third-order valence-corrected chi connectivity index (χ3v) is 7.32. The second-order valence-corrected chi connectivity index (χ2v) is 11.0. The van der Waals surface area contributed by atoms with Crippen LogP contribution >= 0.6 is 0 Å². The molecule has 0 aromatic heterocycles. The Bertz CT molecular complexity index is 1180. The largest absolute Gasteiger partial charge is 0.352 e. The van der Waals surface area contributed by atoms with Gasteiger partial charge in [0.1, 0.15) is 12.6 Å². The van der Waals surface area contributed by atoms with E-state index in [-0.39, 0.29) is 24.2 Å². The normalized spacial score (nSPS) is 15.0. The van der Waals surface area contributed by atoms with Gasteiger partial charge in [0, 0.05) is 18.7 Å². The minimum atomic E-state index is -4.02. The van der Waals surface area contributed by atoms with Crippen LogP contribution in [0.25, 0.3) is 0 Å². The van der Waals surface area contributed by atoms with Gasteiger partial charge in [0.25, 0.3) is 0 Å². The van der Waals surface area contributed by atoms with Crippen LogP contribution in [0.15, 0.2) is 42.5 Å². The zero-order valence-electron chi connectivity index (χ0n) is 20.1. The van der Waals surface area contributed by atoms with Crippen molar-refractivity contribution in [1.82, 2.24) is 10.2 Å². The number of sulfonamides is 1. The number of carbonyl (C=O) groups is 2. The smallest absolute Gasteiger partial charge is 0.244 e. The molecule has 1 fully saturated rings. The first-order valence-corrected chi connectivity index (χ1v) is 13.4. The molecule has 3 rings (SSSR count). The van der Waals surface area contributed by atoms with E-state index in [0.29, 0.717) is 4.31 Å². The molecule has 0 unspecified atom stereocenters. The maximum absolute atomic E-state index is 13.8. The number of nitrogens with zero attached hydrogens (tertiary/aromatic N) is 2. The van der Waals surface area contributed by atoms with Crippen molar-refractivity contribution in [3.05, 3.63) is 65.2 Å². The Hall–Kier alpha value is -3.01. The van der Waals surface area contributed by atoms with Gasteiger partial charge in [-0.15, -0.1) is 0 Å². The number of carbonyl (C=O) groups excluding carboxylic acids is 2. The average Bonchev–Trinajstić information content (AvgIpc) is 3.29. The molecular weight excluding hydrogens is 476 g/mol. The van der Waals surface area contributed by atoms with Crippen molar-refractivity contribution in [2.45, 2.75) is 58.2 Å². The van der Waals surface area contributed by atoms with Gasteiger partial charge in [0.05, 0.1) is 11.9 Å². The first kappa shape index (κ1) is 26.6. The van der Waals surface area contributed by atoms with Gasteiger partial charge in [-0.25, -0.2) is 17.2 Å². The number of hydrogen-bond donors (Lipinski definition) is 1. The average molecular weight is 508 g/mol. The maximum Gasteiger partial charge on any atom is 0.244 e. The first-order valence-electron chi connectivity index (χ1n) is 11.5. The monoisotopic (exact) mass is 507 g/mol. The van der Waals surface area contributed by atoms with Crippen LogP contribution < -0.4 is 9.62 Å². The van der Waals surface area contributed by atoms with Crippen LogP contribution in [-0.4, -0.2) is 50.0 Å². The molecule has 1 N–H and O–H groups in total. The molecule has 7 nitrogen and oxygen atoms in total. The first-order chi connectivity index (χ1) is 16.5. The Morgan fingerprint density at radius 2 is 1.77 bits per heavy atom. The summed E-state index contributed by atoms with van der Waals surface area (Å²) < 4.78 is 52.9. The number of amides is 2. The second-order valence-electron chi connectivity index (χ2n) is 9.04. The summed E-state index contributed by atoms with van der Waals surface area (Å²) in [6.45, 7) is 2.91. The molecule has 1 saturated carbocycles. The molecule has 1 aliphatic carbocycles. The third kappa shape index (κ3) is 7.00. The number of halogens is 2. The number of aryl methyl sites for hydroxylation is 1. The van der Waals surface area contributed by atoms with E-state index >= 15 is 0 Å². The fourth-order valence-electron chi connectivity index (χ4n) is 4.24. The lowest BCUT2D eigenvalue weighted by Crippen LogP contribution is -2.52. The summed E-state index contributed by atoms with van der Waals surface area (Å²) in [5.74, 6) is -3.33. The van der Waals surface area contributed by atoms with Crippen LogP contribution in [0.5, 0.6) is 0 Å². The number of anilines is 1. The van der Waals surface area contributed by atoms with E-state index in [4.69, 9.17) is 0 Å². The summed E-state index contributed by atoms with van der Waals surface area (Å²) in [5.41, 5.74) is 1.56. The predicted molar refractivity (Wildman–Crippen MR) is 130 cm³/mol. The van der Waals surface area contributed by atoms with Crippen LogP contribution in [0.2, 0.25) is 0 Å². The minimum absolute atomic E-state index is 0.0515. The van der Waals surface area contributed by atoms with E-state index < -0.39 is 40.2 Å². The lowest BCUT2D eigenvalue weighted by Gasteiger charge is -2.32. The Morgan fingerprint density at radius 1 is 1.09 bits per heavy atom. The van der Waals surface area contributed by atoms with Crippen LogP contribution in [0.3, 0.4) is 0 Å². The highest BCUT2D eigenvalue weighted by Crippen LogP contribution is 2.22. The second kappa shape index (κ2) is 11.2. The topological polar surface area (TPSA) is 86.8 Å². The maximum atomic E-state index is 13.8. The molecule has 35 heavy (non-hydrogen) atoms. The zero-order chi connectivity index (χ0) is 25.8. The van der Waals surface area contributed by atoms with Crippen LogP contribution in [0, 0.1) is 18.6 Å². The molecule has 0 bridgehead atoms. The van der Waals surface area contributed by atoms with Gasteiger partial charge >= 0.3 is 0 Å². The Kier molecular flexibility index (Phi) is 8.47. The molecule has 2 aromatic carbocycles. The van der Waals surface area contributed by atoms with Gasteiger partial charge in [-0.3, -0.25) is 13.9 Å². The summed E-state index contributed by atoms with van der Waals surface area (Å²) in [5, 5.41) is 2.98. The van der Waals surface area contributed by atoms with Gasteiger partial charge in [-0.05, 0) is 44.4 Å². The summed E-state index contributed by atoms with van der Waals surface area (Å²) in [6.07, 6.45) is 4.69. The fourth-order valence-corrected chi connectivity index (χ4v) is 5.08. The quantitative estimate of drug-likeness (QED) is 0.563. The molecule has 10 heteroatoms. The van der Waals surface area contributed by atoms with E-state index in [9.17, 15) is 26.8 Å². The molecule has 0 aliphatic heterocycles. The van der Waals surface area contributed by atoms with Gasteiger partial charge in [0.2, 0.25) is 21.8 Å². The fraction of sp³-hybridized carbons (Fsp3) is 0.440. The van der Waals surface area contributed by atoms with Crippen molar-refractivity contribution in [2.75, 3.05) is 17.1 Å². The molecule has 0 saturated heterocycles. The van der Waals surface area contributed by atoms with Gasteiger partial charge in [-0.1, -0.05) is 42.7 Å². The van der Waals surface area contributed by atoms with Gasteiger partial charge in [0.15, 0.2) is 11.6 Å². The summed E-state index contributed by atoms with van der Waals surface area (Å²) in [4.78, 5) is 27.8. The Morgan fingerprint density at radius 3 is 2.37 bits per heavy atom. The van der Waals surface area contributed by atoms with Crippen LogP contribution in [0.4, 0.5) is 14.5 Å². The van der Waals surface area contributed by atoms with E-state index in [1.807, 2.05) is 31.2 Å². The van der Waals surface area contributed by atoms with Crippen molar-refractivity contribution in [2.24, 2.45) is 0 Å². The summed E-state index contributed by atoms with van der Waals surface area (Å²) in [7, 11) is -4.02. The van der Waals surface area contributed by atoms with E-state index in [1.54, 1.807) is 6.92 Å². The number of rotatable bonds is 9. The van der Waals surface area contributed by atoms with Crippen molar-refractivity contribution < 1.29 is 26.8 Å². The number of nitrogens with one attached hydrogen (secondary N) is 1. The highest BCUT2D eigenvalue weighted by atomic mass is 32.2. The summed E-state index contributed by atoms with van der Waals surface area (Å²) in [6, 6.07) is 9.23. The minimum Gasteiger partial charge on any atom is -0.352 e. The highest BCUT2D eigenvalue weighted by molar-refractivity contribution is 7.92. The highest BCUT2D eigenvalue weighted by Gasteiger charge is 2.31. The van der Waals surface area contributed by atoms with E-state index in [2.05, 4.69) is 5.32 Å². The molecule has 2 amide bonds. The number of hydrogen-bond acceptors (Lipinski definition) is 4. The van der Waals surface area contributed by atoms with Crippen LogP contribution in [0.1, 0.15) is 43.7 Å². The Balaban J connectivity index is 1.89. The molecule has 2 aromatic rings. The standard InChI is InChI=1S/C25H31F2N3O4S/c1-17-7-6-8-19(13-17)15-29(18(2)25(32)28-20-9-4-5-10-20)24(31)16-30(35(3,33)34)21-11-12-22(26)23(27)14-21/h6-8,11-14,18,20H,4-5,9-10,15-16H2,1-3H3,(H,28,32)/t18-/m1/s1. The molecule has 0 radical (unpaired) electrons. The molecule has 190 valence electrons. The zero-order valence-corrected chi connectivity index (χ0v) is 20.9. The third-order valence-electron chi connectivity index (χ3n) is 6.17. The SMILES string of the molecule is Cc1cccc(CN(C(=O)CN(c2ccc(F)c(F)c2)S(C)(=O)=O)[C@H](C)C(=O)NC2CCCC2)c1. The number of benzene rings is 2. The van der Waals surface area contributed by atoms with Crippen molar-refractivity contribution in [3.63, 3.8) is 0 Å². The van der Waals surface area contributed by atoms with Gasteiger partial charge < -0.3 is 10.2 Å². The van der Waals surface area contributed by atoms with Crippen LogP contribution in [-0.2, 0) is 26.2 Å². The predicted octanol–water partition coefficient (Wildman–Crippen LogP) is 3.52. The molecule has 1 aliphatic rings. The summed E-state index contributed by atoms with van der Waals surface area (Å²) >= 11 is 0. The van der Waals surface area contributed by atoms with E-state index in [0.717, 1.165) is 61.3 Å². The molecule has 0 spiro atoms. The van der Waals surface area contributed by atoms with E-state index in [1.165, 1.54) is 4.90 Å². The van der Waals surface area contributed by atoms with Crippen molar-refractivity contribution >= 4 is 27.5 Å². The lowest BCUT2D eigenvalue weighted by atomic mass is 10.1.